The number of carbonyl (C=O) groups is 2. The number of nitrogens with zero attached hydrogens (tertiary/aromatic N) is 1. The molecular formula is C7H12N2O2. The number of amides is 3. The number of likely N-dealkylation sites (N-methyl/N-ethyl adjacent to an activating group) is 1. The first kappa shape index (κ1) is 8.04. The fraction of sp³-hybridized carbons (Fsp3) is 0.714. The Balaban J connectivity index is 2.74. The quantitative estimate of drug-likeness (QED) is 0.586. The highest BCUT2D eigenvalue weighted by atomic mass is 16.2. The molecule has 62 valence electrons. The van der Waals surface area contributed by atoms with Gasteiger partial charge in [0.25, 0.3) is 5.91 Å². The van der Waals surface area contributed by atoms with Crippen LogP contribution >= 0.6 is 0 Å². The van der Waals surface area contributed by atoms with Gasteiger partial charge in [-0.2, -0.15) is 0 Å². The molecule has 1 unspecified atom stereocenters. The van der Waals surface area contributed by atoms with Crippen LogP contribution in [-0.4, -0.2) is 29.4 Å². The zero-order chi connectivity index (χ0) is 8.43. The molecule has 0 aliphatic carbocycles. The van der Waals surface area contributed by atoms with Gasteiger partial charge in [-0.15, -0.1) is 0 Å². The van der Waals surface area contributed by atoms with Crippen molar-refractivity contribution in [2.45, 2.75) is 26.3 Å². The van der Waals surface area contributed by atoms with E-state index in [2.05, 4.69) is 5.32 Å². The van der Waals surface area contributed by atoms with E-state index in [1.807, 2.05) is 13.8 Å². The highest BCUT2D eigenvalue weighted by Crippen LogP contribution is 2.10. The van der Waals surface area contributed by atoms with Gasteiger partial charge in [-0.25, -0.2) is 4.79 Å². The third-order valence-corrected chi connectivity index (χ3v) is 1.90. The van der Waals surface area contributed by atoms with Gasteiger partial charge < -0.3 is 4.90 Å². The van der Waals surface area contributed by atoms with Crippen molar-refractivity contribution in [1.29, 1.82) is 0 Å². The minimum Gasteiger partial charge on any atom is -0.313 e. The van der Waals surface area contributed by atoms with Gasteiger partial charge in [0, 0.05) is 6.54 Å². The van der Waals surface area contributed by atoms with Gasteiger partial charge >= 0.3 is 6.03 Å². The number of rotatable bonds is 2. The first-order valence-electron chi connectivity index (χ1n) is 3.82. The van der Waals surface area contributed by atoms with E-state index in [9.17, 15) is 9.59 Å². The van der Waals surface area contributed by atoms with Crippen molar-refractivity contribution in [3.8, 4) is 0 Å². The molecule has 0 aromatic heterocycles. The smallest absolute Gasteiger partial charge is 0.313 e. The van der Waals surface area contributed by atoms with E-state index in [0.717, 1.165) is 0 Å². The minimum absolute atomic E-state index is 0.167. The molecule has 1 atom stereocenters. The molecule has 1 rings (SSSR count). The van der Waals surface area contributed by atoms with Crippen molar-refractivity contribution < 1.29 is 9.59 Å². The van der Waals surface area contributed by atoms with E-state index in [4.69, 9.17) is 0 Å². The van der Waals surface area contributed by atoms with Gasteiger partial charge in [-0.05, 0) is 13.3 Å². The summed E-state index contributed by atoms with van der Waals surface area (Å²) >= 11 is 0. The zero-order valence-electron chi connectivity index (χ0n) is 6.76. The van der Waals surface area contributed by atoms with Gasteiger partial charge in [-0.1, -0.05) is 6.92 Å². The van der Waals surface area contributed by atoms with Crippen LogP contribution in [0.15, 0.2) is 0 Å². The van der Waals surface area contributed by atoms with E-state index in [-0.39, 0.29) is 18.0 Å². The maximum atomic E-state index is 11.0. The lowest BCUT2D eigenvalue weighted by Crippen LogP contribution is -2.34. The van der Waals surface area contributed by atoms with Crippen molar-refractivity contribution >= 4 is 11.9 Å². The fourth-order valence-corrected chi connectivity index (χ4v) is 1.31. The summed E-state index contributed by atoms with van der Waals surface area (Å²) in [6.07, 6.45) is 0.686. The SMILES string of the molecule is CCC1C(=O)NC(=O)N1CC. The third-order valence-electron chi connectivity index (χ3n) is 1.90. The van der Waals surface area contributed by atoms with Crippen molar-refractivity contribution in [3.05, 3.63) is 0 Å². The lowest BCUT2D eigenvalue weighted by molar-refractivity contribution is -0.121. The second-order valence-corrected chi connectivity index (χ2v) is 2.50. The molecule has 0 spiro atoms. The van der Waals surface area contributed by atoms with E-state index >= 15 is 0 Å². The molecule has 3 amide bonds. The van der Waals surface area contributed by atoms with E-state index < -0.39 is 0 Å². The normalized spacial score (nSPS) is 24.2. The number of urea groups is 1. The van der Waals surface area contributed by atoms with Crippen LogP contribution in [0.3, 0.4) is 0 Å². The van der Waals surface area contributed by atoms with Crippen LogP contribution < -0.4 is 5.32 Å². The van der Waals surface area contributed by atoms with Crippen LogP contribution in [0.25, 0.3) is 0 Å². The summed E-state index contributed by atoms with van der Waals surface area (Å²) < 4.78 is 0. The molecule has 1 N–H and O–H groups in total. The van der Waals surface area contributed by atoms with E-state index in [1.54, 1.807) is 4.90 Å². The lowest BCUT2D eigenvalue weighted by Gasteiger charge is -2.17. The summed E-state index contributed by atoms with van der Waals surface area (Å²) in [6, 6.07) is -0.503. The molecule has 1 fully saturated rings. The van der Waals surface area contributed by atoms with Crippen molar-refractivity contribution in [2.24, 2.45) is 0 Å². The van der Waals surface area contributed by atoms with Gasteiger partial charge in [0.15, 0.2) is 0 Å². The van der Waals surface area contributed by atoms with Gasteiger partial charge in [-0.3, -0.25) is 10.1 Å². The second-order valence-electron chi connectivity index (χ2n) is 2.50. The summed E-state index contributed by atoms with van der Waals surface area (Å²) in [7, 11) is 0. The minimum atomic E-state index is -0.260. The molecule has 0 bridgehead atoms. The second kappa shape index (κ2) is 2.90. The predicted molar refractivity (Wildman–Crippen MR) is 40.0 cm³/mol. The van der Waals surface area contributed by atoms with E-state index in [0.29, 0.717) is 13.0 Å². The van der Waals surface area contributed by atoms with Gasteiger partial charge in [0.2, 0.25) is 0 Å². The molecule has 4 heteroatoms. The predicted octanol–water partition coefficient (Wildman–Crippen LogP) is 0.337. The Hall–Kier alpha value is -1.06. The summed E-state index contributed by atoms with van der Waals surface area (Å²) in [5, 5.41) is 2.27. The summed E-state index contributed by atoms with van der Waals surface area (Å²) in [6.45, 7) is 4.35. The molecule has 11 heavy (non-hydrogen) atoms. The highest BCUT2D eigenvalue weighted by Gasteiger charge is 2.35. The van der Waals surface area contributed by atoms with E-state index in [1.165, 1.54) is 0 Å². The maximum Gasteiger partial charge on any atom is 0.324 e. The number of carbonyl (C=O) groups excluding carboxylic acids is 2. The van der Waals surface area contributed by atoms with Crippen molar-refractivity contribution in [3.63, 3.8) is 0 Å². The summed E-state index contributed by atoms with van der Waals surface area (Å²) in [5.41, 5.74) is 0. The van der Waals surface area contributed by atoms with Crippen LogP contribution in [0.1, 0.15) is 20.3 Å². The topological polar surface area (TPSA) is 49.4 Å². The first-order valence-corrected chi connectivity index (χ1v) is 3.82. The Labute approximate surface area is 65.6 Å². The van der Waals surface area contributed by atoms with Crippen LogP contribution in [0.2, 0.25) is 0 Å². The highest BCUT2D eigenvalue weighted by molar-refractivity contribution is 6.04. The number of hydrogen-bond acceptors (Lipinski definition) is 2. The number of imide groups is 1. The standard InChI is InChI=1S/C7H12N2O2/c1-3-5-6(10)8-7(11)9(5)4-2/h5H,3-4H2,1-2H3,(H,8,10,11). The largest absolute Gasteiger partial charge is 0.324 e. The number of nitrogens with one attached hydrogen (secondary N) is 1. The average molecular weight is 156 g/mol. The maximum absolute atomic E-state index is 11.0. The fourth-order valence-electron chi connectivity index (χ4n) is 1.31. The molecule has 4 nitrogen and oxygen atoms in total. The van der Waals surface area contributed by atoms with Crippen LogP contribution in [0.4, 0.5) is 4.79 Å². The van der Waals surface area contributed by atoms with Crippen LogP contribution in [0, 0.1) is 0 Å². The Morgan fingerprint density at radius 3 is 2.45 bits per heavy atom. The molecule has 0 radical (unpaired) electrons. The Morgan fingerprint density at radius 2 is 2.09 bits per heavy atom. The molecule has 1 heterocycles. The molecule has 0 aromatic rings. The monoisotopic (exact) mass is 156 g/mol. The number of hydrogen-bond donors (Lipinski definition) is 1. The first-order chi connectivity index (χ1) is 5.20. The molecule has 1 aliphatic heterocycles. The summed E-state index contributed by atoms with van der Waals surface area (Å²) in [4.78, 5) is 23.5. The molecule has 1 saturated heterocycles. The molecule has 0 saturated carbocycles. The van der Waals surface area contributed by atoms with Crippen molar-refractivity contribution in [1.82, 2.24) is 10.2 Å². The zero-order valence-corrected chi connectivity index (χ0v) is 6.76. The van der Waals surface area contributed by atoms with Crippen LogP contribution in [0.5, 0.6) is 0 Å². The van der Waals surface area contributed by atoms with Crippen LogP contribution in [-0.2, 0) is 4.79 Å². The Kier molecular flexibility index (Phi) is 2.12. The third kappa shape index (κ3) is 1.20. The Morgan fingerprint density at radius 1 is 1.45 bits per heavy atom. The Bertz CT molecular complexity index is 171. The molecule has 1 aliphatic rings. The summed E-state index contributed by atoms with van der Waals surface area (Å²) in [5.74, 6) is -0.167. The van der Waals surface area contributed by atoms with Crippen molar-refractivity contribution in [2.75, 3.05) is 6.54 Å². The molecular weight excluding hydrogens is 144 g/mol. The van der Waals surface area contributed by atoms with Gasteiger partial charge in [0.1, 0.15) is 6.04 Å². The average Bonchev–Trinajstić information content (AvgIpc) is 2.24. The van der Waals surface area contributed by atoms with Gasteiger partial charge in [0.05, 0.1) is 0 Å². The lowest BCUT2D eigenvalue weighted by atomic mass is 10.2. The molecule has 0 aromatic carbocycles.